The zero-order valence-electron chi connectivity index (χ0n) is 14.5. The highest BCUT2D eigenvalue weighted by molar-refractivity contribution is 5.77. The number of alkyl halides is 3. The number of rotatable bonds is 4. The van der Waals surface area contributed by atoms with Gasteiger partial charge in [0.25, 0.3) is 0 Å². The van der Waals surface area contributed by atoms with E-state index in [-0.39, 0.29) is 17.8 Å². The lowest BCUT2D eigenvalue weighted by Crippen LogP contribution is -2.43. The number of hydrogen-bond acceptors (Lipinski definition) is 3. The van der Waals surface area contributed by atoms with Crippen molar-refractivity contribution in [1.82, 2.24) is 10.6 Å². The molecule has 1 fully saturated rings. The number of benzene rings is 1. The molecule has 1 atom stereocenters. The molecule has 26 heavy (non-hydrogen) atoms. The molecule has 5 nitrogen and oxygen atoms in total. The van der Waals surface area contributed by atoms with Crippen LogP contribution in [0.2, 0.25) is 0 Å². The van der Waals surface area contributed by atoms with E-state index in [1.165, 1.54) is 6.07 Å². The van der Waals surface area contributed by atoms with E-state index in [0.29, 0.717) is 12.0 Å². The van der Waals surface area contributed by atoms with Crippen LogP contribution in [0.4, 0.5) is 17.6 Å². The van der Waals surface area contributed by atoms with E-state index in [1.807, 2.05) is 13.8 Å². The predicted molar refractivity (Wildman–Crippen MR) is 86.9 cm³/mol. The third kappa shape index (κ3) is 6.99. The zero-order valence-corrected chi connectivity index (χ0v) is 14.5. The minimum atomic E-state index is -5.08. The molecule has 0 radical (unpaired) electrons. The number of nitrogens with one attached hydrogen (secondary N) is 2. The van der Waals surface area contributed by atoms with Crippen LogP contribution < -0.4 is 10.6 Å². The standard InChI is InChI=1S/C15H21FN2O.C2HF3O2/c1-15(2,12-7-3-4-8-13(12)16)18-14(19)10-11-6-5-9-17-11;3-2(4,5)1(6)7/h3-4,7-8,11,17H,5-6,9-10H2,1-2H3,(H,18,19);(H,6,7)/t11-;/m1./s1. The van der Waals surface area contributed by atoms with Crippen LogP contribution in [0.15, 0.2) is 24.3 Å². The summed E-state index contributed by atoms with van der Waals surface area (Å²) in [6.45, 7) is 4.63. The molecule has 0 saturated carbocycles. The summed E-state index contributed by atoms with van der Waals surface area (Å²) < 4.78 is 45.5. The van der Waals surface area contributed by atoms with Crippen molar-refractivity contribution >= 4 is 11.9 Å². The molecule has 0 aromatic heterocycles. The molecule has 1 amide bonds. The fraction of sp³-hybridized carbons (Fsp3) is 0.529. The number of hydrogen-bond donors (Lipinski definition) is 3. The van der Waals surface area contributed by atoms with Gasteiger partial charge in [-0.05, 0) is 39.3 Å². The highest BCUT2D eigenvalue weighted by Gasteiger charge is 2.38. The molecule has 0 spiro atoms. The number of amides is 1. The third-order valence-corrected chi connectivity index (χ3v) is 3.84. The number of halogens is 4. The lowest BCUT2D eigenvalue weighted by atomic mass is 9.93. The minimum absolute atomic E-state index is 0.0346. The van der Waals surface area contributed by atoms with E-state index >= 15 is 0 Å². The molecule has 3 N–H and O–H groups in total. The van der Waals surface area contributed by atoms with Crippen molar-refractivity contribution in [2.24, 2.45) is 0 Å². The van der Waals surface area contributed by atoms with Crippen molar-refractivity contribution in [1.29, 1.82) is 0 Å². The number of carbonyl (C=O) groups excluding carboxylic acids is 1. The molecule has 9 heteroatoms. The quantitative estimate of drug-likeness (QED) is 0.704. The molecule has 146 valence electrons. The first kappa shape index (κ1) is 21.9. The molecule has 1 aliphatic rings. The highest BCUT2D eigenvalue weighted by Crippen LogP contribution is 2.23. The Morgan fingerprint density at radius 1 is 1.27 bits per heavy atom. The van der Waals surface area contributed by atoms with Gasteiger partial charge in [0, 0.05) is 18.0 Å². The Hall–Kier alpha value is -2.16. The molecule has 2 rings (SSSR count). The smallest absolute Gasteiger partial charge is 0.475 e. The van der Waals surface area contributed by atoms with Gasteiger partial charge in [-0.25, -0.2) is 9.18 Å². The number of carboxylic acids is 1. The first-order valence-corrected chi connectivity index (χ1v) is 8.03. The molecule has 0 aliphatic carbocycles. The van der Waals surface area contributed by atoms with Crippen molar-refractivity contribution in [2.45, 2.75) is 50.9 Å². The summed E-state index contributed by atoms with van der Waals surface area (Å²) in [6, 6.07) is 6.83. The number of carboxylic acid groups (broad SMARTS) is 1. The Balaban J connectivity index is 0.000000412. The van der Waals surface area contributed by atoms with E-state index in [2.05, 4.69) is 10.6 Å². The molecular formula is C17H22F4N2O3. The Morgan fingerprint density at radius 3 is 2.31 bits per heavy atom. The van der Waals surface area contributed by atoms with Gasteiger partial charge in [0.05, 0.1) is 5.54 Å². The maximum absolute atomic E-state index is 13.8. The van der Waals surface area contributed by atoms with Gasteiger partial charge in [0.1, 0.15) is 5.82 Å². The van der Waals surface area contributed by atoms with Crippen LogP contribution in [0, 0.1) is 5.82 Å². The summed E-state index contributed by atoms with van der Waals surface area (Å²) >= 11 is 0. The normalized spacial score (nSPS) is 17.2. The molecule has 1 aromatic carbocycles. The van der Waals surface area contributed by atoms with Crippen LogP contribution >= 0.6 is 0 Å². The van der Waals surface area contributed by atoms with E-state index in [1.54, 1.807) is 18.2 Å². The van der Waals surface area contributed by atoms with Gasteiger partial charge in [0.2, 0.25) is 5.91 Å². The van der Waals surface area contributed by atoms with Gasteiger partial charge in [-0.15, -0.1) is 0 Å². The maximum atomic E-state index is 13.8. The monoisotopic (exact) mass is 378 g/mol. The van der Waals surface area contributed by atoms with Gasteiger partial charge in [-0.1, -0.05) is 18.2 Å². The van der Waals surface area contributed by atoms with Crippen LogP contribution in [-0.4, -0.2) is 35.7 Å². The topological polar surface area (TPSA) is 78.4 Å². The zero-order chi connectivity index (χ0) is 20.0. The van der Waals surface area contributed by atoms with Crippen molar-refractivity contribution < 1.29 is 32.3 Å². The van der Waals surface area contributed by atoms with Crippen LogP contribution in [0.3, 0.4) is 0 Å². The second-order valence-electron chi connectivity index (χ2n) is 6.45. The molecular weight excluding hydrogens is 356 g/mol. The van der Waals surface area contributed by atoms with Gasteiger partial charge < -0.3 is 15.7 Å². The summed E-state index contributed by atoms with van der Waals surface area (Å²) in [5.41, 5.74) is -0.177. The van der Waals surface area contributed by atoms with Gasteiger partial charge in [-0.2, -0.15) is 13.2 Å². The largest absolute Gasteiger partial charge is 0.490 e. The third-order valence-electron chi connectivity index (χ3n) is 3.84. The lowest BCUT2D eigenvalue weighted by Gasteiger charge is -2.28. The van der Waals surface area contributed by atoms with E-state index in [9.17, 15) is 22.4 Å². The van der Waals surface area contributed by atoms with Gasteiger partial charge >= 0.3 is 12.1 Å². The molecule has 1 aliphatic heterocycles. The minimum Gasteiger partial charge on any atom is -0.475 e. The molecule has 1 saturated heterocycles. The fourth-order valence-electron chi connectivity index (χ4n) is 2.59. The van der Waals surface area contributed by atoms with Crippen molar-refractivity contribution in [3.8, 4) is 0 Å². The number of carbonyl (C=O) groups is 2. The van der Waals surface area contributed by atoms with Crippen LogP contribution in [-0.2, 0) is 15.1 Å². The van der Waals surface area contributed by atoms with Crippen molar-refractivity contribution in [2.75, 3.05) is 6.54 Å². The summed E-state index contributed by atoms with van der Waals surface area (Å²) in [4.78, 5) is 20.9. The van der Waals surface area contributed by atoms with E-state index < -0.39 is 17.7 Å². The maximum Gasteiger partial charge on any atom is 0.490 e. The molecule has 0 unspecified atom stereocenters. The van der Waals surface area contributed by atoms with E-state index in [4.69, 9.17) is 9.90 Å². The summed E-state index contributed by atoms with van der Waals surface area (Å²) in [7, 11) is 0. The van der Waals surface area contributed by atoms with Crippen LogP contribution in [0.25, 0.3) is 0 Å². The Morgan fingerprint density at radius 2 is 1.85 bits per heavy atom. The second kappa shape index (κ2) is 8.98. The van der Waals surface area contributed by atoms with Crippen LogP contribution in [0.5, 0.6) is 0 Å². The Bertz CT molecular complexity index is 627. The first-order valence-electron chi connectivity index (χ1n) is 8.03. The highest BCUT2D eigenvalue weighted by atomic mass is 19.4. The second-order valence-corrected chi connectivity index (χ2v) is 6.45. The predicted octanol–water partition coefficient (Wildman–Crippen LogP) is 2.95. The summed E-state index contributed by atoms with van der Waals surface area (Å²) in [5.74, 6) is -3.08. The average Bonchev–Trinajstić information content (AvgIpc) is 2.99. The molecule has 1 aromatic rings. The average molecular weight is 378 g/mol. The SMILES string of the molecule is CC(C)(NC(=O)C[C@H]1CCCN1)c1ccccc1F.O=C(O)C(F)(F)F. The number of aliphatic carboxylic acids is 1. The van der Waals surface area contributed by atoms with E-state index in [0.717, 1.165) is 19.4 Å². The summed E-state index contributed by atoms with van der Waals surface area (Å²) in [6.07, 6.45) is -2.47. The molecule has 0 bridgehead atoms. The fourth-order valence-corrected chi connectivity index (χ4v) is 2.59. The van der Waals surface area contributed by atoms with Crippen LogP contribution in [0.1, 0.15) is 38.7 Å². The van der Waals surface area contributed by atoms with Crippen molar-refractivity contribution in [3.63, 3.8) is 0 Å². The first-order chi connectivity index (χ1) is 11.9. The van der Waals surface area contributed by atoms with Crippen molar-refractivity contribution in [3.05, 3.63) is 35.6 Å². The molecule has 1 heterocycles. The van der Waals surface area contributed by atoms with Gasteiger partial charge in [0.15, 0.2) is 0 Å². The lowest BCUT2D eigenvalue weighted by molar-refractivity contribution is -0.192. The van der Waals surface area contributed by atoms with Gasteiger partial charge in [-0.3, -0.25) is 4.79 Å². The Labute approximate surface area is 148 Å². The Kier molecular flexibility index (Phi) is 7.55. The summed E-state index contributed by atoms with van der Waals surface area (Å²) in [5, 5.41) is 13.3.